The van der Waals surface area contributed by atoms with Crippen LogP contribution in [0.5, 0.6) is 5.75 Å². The van der Waals surface area contributed by atoms with E-state index in [1.807, 2.05) is 16.7 Å². The predicted octanol–water partition coefficient (Wildman–Crippen LogP) is 5.86. The van der Waals surface area contributed by atoms with E-state index in [1.54, 1.807) is 55.6 Å². The van der Waals surface area contributed by atoms with Crippen LogP contribution in [0, 0.1) is 21.7 Å². The van der Waals surface area contributed by atoms with Gasteiger partial charge in [0.05, 0.1) is 21.8 Å². The number of rotatable bonds is 12. The Labute approximate surface area is 365 Å². The number of anilines is 2. The molecule has 0 bridgehead atoms. The van der Waals surface area contributed by atoms with Crippen LogP contribution in [0.4, 0.5) is 24.7 Å². The quantitative estimate of drug-likeness (QED) is 0.105. The molecule has 326 valence electrons. The number of non-ortho nitro benzene ring substituents is 1. The predicted molar refractivity (Wildman–Crippen MR) is 231 cm³/mol. The van der Waals surface area contributed by atoms with Crippen molar-refractivity contribution in [2.45, 2.75) is 35.6 Å². The highest BCUT2D eigenvalue weighted by Gasteiger charge is 2.35. The summed E-state index contributed by atoms with van der Waals surface area (Å²) < 4.78 is 94.7. The van der Waals surface area contributed by atoms with Gasteiger partial charge in [0.25, 0.3) is 5.69 Å². The normalized spacial score (nSPS) is 16.4. The molecule has 2 fully saturated rings. The molecule has 6 aromatic rings. The van der Waals surface area contributed by atoms with Gasteiger partial charge in [-0.2, -0.15) is 17.4 Å². The number of methoxy groups -OCH3 is 1. The Kier molecular flexibility index (Phi) is 13.8. The van der Waals surface area contributed by atoms with E-state index >= 15 is 0 Å². The zero-order chi connectivity index (χ0) is 44.0. The van der Waals surface area contributed by atoms with Crippen molar-refractivity contribution in [2.75, 3.05) is 62.7 Å². The van der Waals surface area contributed by atoms with Gasteiger partial charge >= 0.3 is 0 Å². The SMILES string of the molecule is CC1CN(c2nc(Cc3ccc(F)cc3)ns2)CCN1S(=O)(=O)c1ccc([N+](=O)[O-])cc1.COc1ccc(S(=O)(=O)N2CCN(c3nc(Cc4ccc(F)cc4)ns3)CC2)cc1. The van der Waals surface area contributed by atoms with Crippen LogP contribution in [0.1, 0.15) is 29.7 Å². The molecule has 2 saturated heterocycles. The minimum absolute atomic E-state index is 0.0286. The highest BCUT2D eigenvalue weighted by atomic mass is 32.2. The molecule has 62 heavy (non-hydrogen) atoms. The van der Waals surface area contributed by atoms with Gasteiger partial charge in [0.15, 0.2) is 0 Å². The van der Waals surface area contributed by atoms with Crippen molar-refractivity contribution in [2.24, 2.45) is 0 Å². The second-order valence-electron chi connectivity index (χ2n) is 14.3. The number of nitrogens with zero attached hydrogens (tertiary/aromatic N) is 9. The third-order valence-corrected chi connectivity index (χ3v) is 15.7. The van der Waals surface area contributed by atoms with Crippen LogP contribution in [0.15, 0.2) is 107 Å². The van der Waals surface area contributed by atoms with E-state index in [1.165, 1.54) is 80.2 Å². The lowest BCUT2D eigenvalue weighted by atomic mass is 10.1. The van der Waals surface area contributed by atoms with Crippen LogP contribution in [0.25, 0.3) is 0 Å². The molecule has 1 unspecified atom stereocenters. The average Bonchev–Trinajstić information content (AvgIpc) is 3.96. The van der Waals surface area contributed by atoms with Crippen LogP contribution in [-0.4, -0.2) is 108 Å². The smallest absolute Gasteiger partial charge is 0.269 e. The molecule has 2 aliphatic heterocycles. The summed E-state index contributed by atoms with van der Waals surface area (Å²) in [6.45, 7) is 4.80. The molecular weight excluding hydrogens is 885 g/mol. The summed E-state index contributed by atoms with van der Waals surface area (Å²) in [5.41, 5.74) is 1.69. The number of hydrogen-bond donors (Lipinski definition) is 0. The number of benzene rings is 4. The fraction of sp³-hybridized carbons (Fsp3) is 0.300. The maximum Gasteiger partial charge on any atom is 0.269 e. The molecule has 8 rings (SSSR count). The minimum Gasteiger partial charge on any atom is -0.497 e. The molecule has 2 aliphatic rings. The van der Waals surface area contributed by atoms with Crippen LogP contribution < -0.4 is 14.5 Å². The molecule has 16 nitrogen and oxygen atoms in total. The van der Waals surface area contributed by atoms with E-state index in [2.05, 4.69) is 18.7 Å². The summed E-state index contributed by atoms with van der Waals surface area (Å²) in [5.74, 6) is 1.36. The van der Waals surface area contributed by atoms with Crippen LogP contribution in [0.3, 0.4) is 0 Å². The number of nitro benzene ring substituents is 1. The van der Waals surface area contributed by atoms with E-state index in [-0.39, 0.29) is 39.7 Å². The summed E-state index contributed by atoms with van der Waals surface area (Å²) in [5, 5.41) is 12.3. The van der Waals surface area contributed by atoms with Crippen molar-refractivity contribution in [3.63, 3.8) is 0 Å². The van der Waals surface area contributed by atoms with E-state index in [0.29, 0.717) is 74.6 Å². The first-order valence-electron chi connectivity index (χ1n) is 19.2. The molecule has 0 saturated carbocycles. The van der Waals surface area contributed by atoms with Gasteiger partial charge in [0.2, 0.25) is 30.3 Å². The molecule has 1 atom stereocenters. The second-order valence-corrected chi connectivity index (χ2v) is 19.6. The molecule has 0 spiro atoms. The molecule has 4 heterocycles. The van der Waals surface area contributed by atoms with Gasteiger partial charge in [-0.3, -0.25) is 10.1 Å². The maximum absolute atomic E-state index is 13.1. The van der Waals surface area contributed by atoms with Crippen molar-refractivity contribution in [3.8, 4) is 5.75 Å². The lowest BCUT2D eigenvalue weighted by molar-refractivity contribution is -0.384. The van der Waals surface area contributed by atoms with Crippen LogP contribution in [0.2, 0.25) is 0 Å². The zero-order valence-electron chi connectivity index (χ0n) is 33.5. The molecule has 4 aromatic carbocycles. The van der Waals surface area contributed by atoms with Crippen molar-refractivity contribution in [1.29, 1.82) is 0 Å². The summed E-state index contributed by atoms with van der Waals surface area (Å²) in [6, 6.07) is 23.5. The summed E-state index contributed by atoms with van der Waals surface area (Å²) >= 11 is 2.55. The topological polar surface area (TPSA) is 185 Å². The lowest BCUT2D eigenvalue weighted by Gasteiger charge is -2.38. The summed E-state index contributed by atoms with van der Waals surface area (Å²) in [7, 11) is -5.78. The van der Waals surface area contributed by atoms with Crippen molar-refractivity contribution < 1.29 is 35.3 Å². The number of ether oxygens (including phenoxy) is 1. The number of nitro groups is 1. The first kappa shape index (κ1) is 44.5. The van der Waals surface area contributed by atoms with Gasteiger partial charge in [-0.25, -0.2) is 35.6 Å². The zero-order valence-corrected chi connectivity index (χ0v) is 36.7. The molecule has 0 amide bonds. The van der Waals surface area contributed by atoms with Crippen molar-refractivity contribution in [1.82, 2.24) is 27.3 Å². The van der Waals surface area contributed by atoms with Crippen molar-refractivity contribution >= 4 is 59.1 Å². The Bertz CT molecular complexity index is 2680. The van der Waals surface area contributed by atoms with E-state index in [0.717, 1.165) is 16.3 Å². The highest BCUT2D eigenvalue weighted by Crippen LogP contribution is 2.28. The first-order valence-corrected chi connectivity index (χ1v) is 23.7. The number of halogens is 2. The fourth-order valence-electron chi connectivity index (χ4n) is 6.82. The molecule has 2 aromatic heterocycles. The van der Waals surface area contributed by atoms with Gasteiger partial charge in [-0.1, -0.05) is 24.3 Å². The standard InChI is InChI=1S/C20H20FN5O4S2.C20H21FN4O3S2/c1-14-13-24(20-22-19(23-31-20)12-15-2-4-16(21)5-3-15)10-11-25(14)32(29,30)18-8-6-17(7-9-18)26(27)28;1-28-17-6-8-18(9-7-17)30(26,27)25-12-10-24(11-13-25)20-22-19(23-29-20)14-15-2-4-16(21)5-3-15/h2-9,14H,10-13H2,1H3;2-9H,10-14H2,1H3. The minimum atomic E-state index is -3.78. The van der Waals surface area contributed by atoms with Gasteiger partial charge < -0.3 is 14.5 Å². The average molecular weight is 926 g/mol. The summed E-state index contributed by atoms with van der Waals surface area (Å²) in [4.78, 5) is 23.7. The van der Waals surface area contributed by atoms with Gasteiger partial charge in [0.1, 0.15) is 29.0 Å². The number of piperazine rings is 2. The Balaban J connectivity index is 0.000000187. The van der Waals surface area contributed by atoms with Gasteiger partial charge in [-0.05, 0) is 78.7 Å². The lowest BCUT2D eigenvalue weighted by Crippen LogP contribution is -2.54. The highest BCUT2D eigenvalue weighted by molar-refractivity contribution is 7.89. The van der Waals surface area contributed by atoms with E-state index in [4.69, 9.17) is 4.74 Å². The molecule has 0 aliphatic carbocycles. The molecule has 0 radical (unpaired) electrons. The Morgan fingerprint density at radius 1 is 0.677 bits per heavy atom. The fourth-order valence-corrected chi connectivity index (χ4v) is 11.3. The Hall–Kier alpha value is -5.52. The van der Waals surface area contributed by atoms with Gasteiger partial charge in [0, 0.05) is 99.9 Å². The summed E-state index contributed by atoms with van der Waals surface area (Å²) in [6.07, 6.45) is 1.02. The van der Waals surface area contributed by atoms with Crippen LogP contribution >= 0.6 is 23.1 Å². The maximum atomic E-state index is 13.1. The first-order chi connectivity index (χ1) is 29.7. The van der Waals surface area contributed by atoms with E-state index < -0.39 is 25.0 Å². The number of sulfonamides is 2. The Morgan fingerprint density at radius 2 is 1.15 bits per heavy atom. The molecular formula is C40H41F2N9O7S4. The van der Waals surface area contributed by atoms with E-state index in [9.17, 15) is 35.7 Å². The molecule has 22 heteroatoms. The number of hydrogen-bond acceptors (Lipinski definition) is 15. The van der Waals surface area contributed by atoms with Crippen LogP contribution in [-0.2, 0) is 32.9 Å². The largest absolute Gasteiger partial charge is 0.497 e. The third kappa shape index (κ3) is 10.6. The van der Waals surface area contributed by atoms with Crippen molar-refractivity contribution in [3.05, 3.63) is 142 Å². The number of aromatic nitrogens is 4. The third-order valence-electron chi connectivity index (χ3n) is 10.2. The second kappa shape index (κ2) is 19.3. The Morgan fingerprint density at radius 3 is 1.63 bits per heavy atom. The van der Waals surface area contributed by atoms with Gasteiger partial charge in [-0.15, -0.1) is 0 Å². The molecule has 0 N–H and O–H groups in total. The monoisotopic (exact) mass is 925 g/mol.